The quantitative estimate of drug-likeness (QED) is 0.377. The second kappa shape index (κ2) is 5.26. The van der Waals surface area contributed by atoms with E-state index in [0.29, 0.717) is 24.5 Å². The first kappa shape index (κ1) is 12.0. The summed E-state index contributed by atoms with van der Waals surface area (Å²) in [5, 5.41) is 2.77. The van der Waals surface area contributed by atoms with Crippen molar-refractivity contribution in [2.75, 3.05) is 19.6 Å². The van der Waals surface area contributed by atoms with Crippen LogP contribution in [0.2, 0.25) is 0 Å². The highest BCUT2D eigenvalue weighted by atomic mass is 32.1. The average molecular weight is 254 g/mol. The summed E-state index contributed by atoms with van der Waals surface area (Å²) in [6.07, 6.45) is 0. The lowest BCUT2D eigenvalue weighted by atomic mass is 10.3. The fourth-order valence-corrected chi connectivity index (χ4v) is 2.66. The smallest absolute Gasteiger partial charge is 0.275 e. The van der Waals surface area contributed by atoms with E-state index in [1.165, 1.54) is 11.3 Å². The Hall–Kier alpha value is -1.44. The van der Waals surface area contributed by atoms with Gasteiger partial charge in [-0.2, -0.15) is 0 Å². The topological polar surface area (TPSA) is 87.5 Å². The van der Waals surface area contributed by atoms with Crippen LogP contribution >= 0.6 is 11.3 Å². The van der Waals surface area contributed by atoms with Gasteiger partial charge in [0.1, 0.15) is 0 Å². The number of nitrogens with zero attached hydrogens (tertiary/aromatic N) is 1. The number of rotatable bonds is 3. The molecule has 1 fully saturated rings. The van der Waals surface area contributed by atoms with E-state index in [1.54, 1.807) is 6.07 Å². The lowest BCUT2D eigenvalue weighted by Crippen LogP contribution is -2.46. The van der Waals surface area contributed by atoms with Crippen molar-refractivity contribution in [2.24, 2.45) is 5.84 Å². The zero-order valence-electron chi connectivity index (χ0n) is 9.23. The van der Waals surface area contributed by atoms with Gasteiger partial charge in [-0.05, 0) is 12.1 Å². The highest BCUT2D eigenvalue weighted by Gasteiger charge is 2.17. The highest BCUT2D eigenvalue weighted by Crippen LogP contribution is 2.18. The molecule has 0 unspecified atom stereocenters. The van der Waals surface area contributed by atoms with Crippen molar-refractivity contribution in [1.29, 1.82) is 0 Å². The van der Waals surface area contributed by atoms with Crippen LogP contribution in [0.4, 0.5) is 0 Å². The number of hydrazine groups is 1. The summed E-state index contributed by atoms with van der Waals surface area (Å²) in [5.74, 6) is 4.83. The van der Waals surface area contributed by atoms with Crippen molar-refractivity contribution in [3.63, 3.8) is 0 Å². The van der Waals surface area contributed by atoms with Gasteiger partial charge < -0.3 is 5.32 Å². The van der Waals surface area contributed by atoms with Crippen LogP contribution < -0.4 is 16.6 Å². The summed E-state index contributed by atoms with van der Waals surface area (Å²) in [5.41, 5.74) is 2.10. The van der Waals surface area contributed by atoms with Crippen molar-refractivity contribution < 1.29 is 9.59 Å². The van der Waals surface area contributed by atoms with Gasteiger partial charge in [-0.3, -0.25) is 19.9 Å². The van der Waals surface area contributed by atoms with Crippen LogP contribution in [0.1, 0.15) is 14.5 Å². The Labute approximate surface area is 103 Å². The summed E-state index contributed by atoms with van der Waals surface area (Å²) in [6, 6.07) is 3.63. The average Bonchev–Trinajstić information content (AvgIpc) is 2.76. The molecule has 1 saturated heterocycles. The molecule has 0 bridgehead atoms. The Kier molecular flexibility index (Phi) is 3.72. The maximum absolute atomic E-state index is 11.3. The van der Waals surface area contributed by atoms with Gasteiger partial charge in [-0.25, -0.2) is 5.84 Å². The van der Waals surface area contributed by atoms with Gasteiger partial charge in [0.2, 0.25) is 5.91 Å². The number of nitrogens with two attached hydrogens (primary N) is 1. The molecule has 0 aromatic carbocycles. The Bertz CT molecular complexity index is 432. The molecule has 2 rings (SSSR count). The van der Waals surface area contributed by atoms with Crippen LogP contribution in [0.3, 0.4) is 0 Å². The molecule has 17 heavy (non-hydrogen) atoms. The van der Waals surface area contributed by atoms with Gasteiger partial charge >= 0.3 is 0 Å². The third kappa shape index (κ3) is 3.02. The van der Waals surface area contributed by atoms with Crippen molar-refractivity contribution in [3.8, 4) is 0 Å². The zero-order chi connectivity index (χ0) is 12.3. The molecule has 1 aromatic rings. The summed E-state index contributed by atoms with van der Waals surface area (Å²) in [4.78, 5) is 26.2. The number of thiophene rings is 1. The first-order chi connectivity index (χ1) is 8.19. The van der Waals surface area contributed by atoms with Gasteiger partial charge in [0, 0.05) is 24.5 Å². The van der Waals surface area contributed by atoms with Crippen LogP contribution in [0.5, 0.6) is 0 Å². The maximum Gasteiger partial charge on any atom is 0.275 e. The normalized spacial score (nSPS) is 16.6. The lowest BCUT2D eigenvalue weighted by Gasteiger charge is -2.25. The van der Waals surface area contributed by atoms with Crippen molar-refractivity contribution >= 4 is 23.2 Å². The predicted octanol–water partition coefficient (Wildman–Crippen LogP) is -0.717. The van der Waals surface area contributed by atoms with E-state index in [1.807, 2.05) is 6.07 Å². The molecule has 7 heteroatoms. The van der Waals surface area contributed by atoms with Gasteiger partial charge in [-0.15, -0.1) is 11.3 Å². The van der Waals surface area contributed by atoms with Gasteiger partial charge in [-0.1, -0.05) is 0 Å². The van der Waals surface area contributed by atoms with E-state index >= 15 is 0 Å². The number of hydrogen-bond donors (Lipinski definition) is 3. The fraction of sp³-hybridized carbons (Fsp3) is 0.400. The SMILES string of the molecule is NNC(=O)c1ccc(CN2CCNC(=O)C2)s1. The summed E-state index contributed by atoms with van der Waals surface area (Å²) < 4.78 is 0. The number of carbonyl (C=O) groups excluding carboxylic acids is 2. The first-order valence-corrected chi connectivity index (χ1v) is 6.09. The highest BCUT2D eigenvalue weighted by molar-refractivity contribution is 7.14. The molecule has 0 radical (unpaired) electrons. The molecule has 92 valence electrons. The molecule has 0 spiro atoms. The third-order valence-electron chi connectivity index (χ3n) is 2.51. The monoisotopic (exact) mass is 254 g/mol. The molecular weight excluding hydrogens is 240 g/mol. The molecule has 2 amide bonds. The molecule has 0 aliphatic carbocycles. The second-order valence-electron chi connectivity index (χ2n) is 3.80. The lowest BCUT2D eigenvalue weighted by molar-refractivity contribution is -0.124. The van der Waals surface area contributed by atoms with Gasteiger partial charge in [0.15, 0.2) is 0 Å². The van der Waals surface area contributed by atoms with Crippen LogP contribution in [0.15, 0.2) is 12.1 Å². The first-order valence-electron chi connectivity index (χ1n) is 5.28. The van der Waals surface area contributed by atoms with E-state index in [0.717, 1.165) is 11.4 Å². The maximum atomic E-state index is 11.3. The summed E-state index contributed by atoms with van der Waals surface area (Å²) >= 11 is 1.40. The minimum atomic E-state index is -0.280. The van der Waals surface area contributed by atoms with Crippen molar-refractivity contribution in [1.82, 2.24) is 15.6 Å². The fourth-order valence-electron chi connectivity index (χ4n) is 1.70. The third-order valence-corrected chi connectivity index (χ3v) is 3.58. The van der Waals surface area contributed by atoms with Crippen LogP contribution in [-0.4, -0.2) is 36.3 Å². The summed E-state index contributed by atoms with van der Waals surface area (Å²) in [6.45, 7) is 2.62. The van der Waals surface area contributed by atoms with E-state index in [-0.39, 0.29) is 11.8 Å². The number of carbonyl (C=O) groups is 2. The standard InChI is InChI=1S/C10H14N4O2S/c11-13-10(16)8-2-1-7(17-8)5-14-4-3-12-9(15)6-14/h1-2H,3-6,11H2,(H,12,15)(H,13,16). The van der Waals surface area contributed by atoms with Gasteiger partial charge in [0.05, 0.1) is 11.4 Å². The molecular formula is C10H14N4O2S. The molecule has 4 N–H and O–H groups in total. The van der Waals surface area contributed by atoms with E-state index < -0.39 is 0 Å². The summed E-state index contributed by atoms with van der Waals surface area (Å²) in [7, 11) is 0. The largest absolute Gasteiger partial charge is 0.354 e. The van der Waals surface area contributed by atoms with E-state index in [4.69, 9.17) is 5.84 Å². The minimum Gasteiger partial charge on any atom is -0.354 e. The molecule has 0 atom stereocenters. The van der Waals surface area contributed by atoms with Crippen molar-refractivity contribution in [3.05, 3.63) is 21.9 Å². The Morgan fingerprint density at radius 3 is 3.12 bits per heavy atom. The zero-order valence-corrected chi connectivity index (χ0v) is 10.0. The number of nitrogen functional groups attached to an aromatic ring is 1. The molecule has 0 saturated carbocycles. The molecule has 2 heterocycles. The minimum absolute atomic E-state index is 0.0488. The van der Waals surface area contributed by atoms with Gasteiger partial charge in [0.25, 0.3) is 5.91 Å². The Morgan fingerprint density at radius 1 is 1.59 bits per heavy atom. The van der Waals surface area contributed by atoms with E-state index in [2.05, 4.69) is 15.6 Å². The Morgan fingerprint density at radius 2 is 2.41 bits per heavy atom. The number of nitrogens with one attached hydrogen (secondary N) is 2. The number of piperazine rings is 1. The second-order valence-corrected chi connectivity index (χ2v) is 4.97. The number of hydrogen-bond acceptors (Lipinski definition) is 5. The molecule has 1 aliphatic rings. The van der Waals surface area contributed by atoms with Crippen molar-refractivity contribution in [2.45, 2.75) is 6.54 Å². The molecule has 1 aromatic heterocycles. The molecule has 6 nitrogen and oxygen atoms in total. The van der Waals surface area contributed by atoms with Crippen LogP contribution in [0, 0.1) is 0 Å². The van der Waals surface area contributed by atoms with E-state index in [9.17, 15) is 9.59 Å². The number of amides is 2. The van der Waals surface area contributed by atoms with Crippen LogP contribution in [0.25, 0.3) is 0 Å². The predicted molar refractivity (Wildman–Crippen MR) is 64.3 cm³/mol. The Balaban J connectivity index is 1.96. The molecule has 1 aliphatic heterocycles. The van der Waals surface area contributed by atoms with Crippen LogP contribution in [-0.2, 0) is 11.3 Å².